The molecular weight excluding hydrogens is 286 g/mol. The lowest BCUT2D eigenvalue weighted by Crippen LogP contribution is -2.06. The lowest BCUT2D eigenvalue weighted by atomic mass is 9.95. The van der Waals surface area contributed by atoms with E-state index in [1.54, 1.807) is 30.3 Å². The van der Waals surface area contributed by atoms with Crippen molar-refractivity contribution in [3.8, 4) is 17.7 Å². The van der Waals surface area contributed by atoms with E-state index in [4.69, 9.17) is 9.47 Å². The van der Waals surface area contributed by atoms with Crippen molar-refractivity contribution in [3.63, 3.8) is 0 Å². The molecule has 0 radical (unpaired) electrons. The van der Waals surface area contributed by atoms with Gasteiger partial charge in [0.15, 0.2) is 0 Å². The maximum absolute atomic E-state index is 11.1. The molecule has 2 aromatic rings. The zero-order valence-electron chi connectivity index (χ0n) is 12.0. The number of hydrogen-bond donors (Lipinski definition) is 0. The number of methoxy groups -OCH3 is 2. The molecule has 1 aromatic heterocycles. The highest BCUT2D eigenvalue weighted by Gasteiger charge is 2.25. The van der Waals surface area contributed by atoms with Crippen LogP contribution in [0.25, 0.3) is 0 Å². The maximum atomic E-state index is 11.1. The van der Waals surface area contributed by atoms with Gasteiger partial charge < -0.3 is 9.47 Å². The molecule has 0 fully saturated rings. The van der Waals surface area contributed by atoms with Gasteiger partial charge in [0.2, 0.25) is 5.88 Å². The molecule has 22 heavy (non-hydrogen) atoms. The predicted molar refractivity (Wildman–Crippen MR) is 77.9 cm³/mol. The molecule has 0 bridgehead atoms. The zero-order chi connectivity index (χ0) is 16.1. The van der Waals surface area contributed by atoms with Gasteiger partial charge in [0.05, 0.1) is 36.5 Å². The topological polar surface area (TPSA) is 98.3 Å². The Balaban J connectivity index is 2.59. The number of nitriles is 1. The van der Waals surface area contributed by atoms with Crippen molar-refractivity contribution in [2.75, 3.05) is 14.2 Å². The van der Waals surface area contributed by atoms with Crippen LogP contribution in [0.1, 0.15) is 17.2 Å². The molecule has 0 amide bonds. The Morgan fingerprint density at radius 1 is 1.27 bits per heavy atom. The van der Waals surface area contributed by atoms with Crippen molar-refractivity contribution in [2.45, 2.75) is 5.92 Å². The van der Waals surface area contributed by atoms with Crippen molar-refractivity contribution in [1.82, 2.24) is 4.98 Å². The summed E-state index contributed by atoms with van der Waals surface area (Å²) in [5, 5.41) is 20.6. The first-order valence-electron chi connectivity index (χ1n) is 6.33. The lowest BCUT2D eigenvalue weighted by Gasteiger charge is -2.12. The van der Waals surface area contributed by atoms with Gasteiger partial charge in [-0.1, -0.05) is 18.2 Å². The Kier molecular flexibility index (Phi) is 4.53. The fourth-order valence-corrected chi connectivity index (χ4v) is 2.06. The first kappa shape index (κ1) is 15.3. The third kappa shape index (κ3) is 2.96. The minimum atomic E-state index is -0.898. The van der Waals surface area contributed by atoms with Crippen LogP contribution in [0.5, 0.6) is 11.6 Å². The van der Waals surface area contributed by atoms with Crippen LogP contribution >= 0.6 is 0 Å². The summed E-state index contributed by atoms with van der Waals surface area (Å²) in [4.78, 5) is 14.8. The summed E-state index contributed by atoms with van der Waals surface area (Å²) in [6.07, 6.45) is 0. The Bertz CT molecular complexity index is 718. The number of ether oxygens (including phenoxy) is 2. The molecule has 0 aliphatic heterocycles. The Labute approximate surface area is 126 Å². The van der Waals surface area contributed by atoms with Gasteiger partial charge in [-0.3, -0.25) is 10.1 Å². The van der Waals surface area contributed by atoms with Crippen LogP contribution in [0.3, 0.4) is 0 Å². The molecule has 112 valence electrons. The molecule has 7 nitrogen and oxygen atoms in total. The van der Waals surface area contributed by atoms with E-state index in [1.807, 2.05) is 0 Å². The molecule has 0 aliphatic rings. The van der Waals surface area contributed by atoms with Crippen LogP contribution in [0.4, 0.5) is 5.69 Å². The Morgan fingerprint density at radius 2 is 2.00 bits per heavy atom. The number of nitro benzene ring substituents is 1. The standard InChI is InChI=1S/C15H13N3O4/c1-21-10-7-13(17-15(8-10)22-2)12(9-16)11-5-3-4-6-14(11)18(19)20/h3-8,12H,1-2H3. The van der Waals surface area contributed by atoms with E-state index in [2.05, 4.69) is 11.1 Å². The highest BCUT2D eigenvalue weighted by atomic mass is 16.6. The summed E-state index contributed by atoms with van der Waals surface area (Å²) in [7, 11) is 2.92. The van der Waals surface area contributed by atoms with Crippen molar-refractivity contribution in [2.24, 2.45) is 0 Å². The number of nitrogens with zero attached hydrogens (tertiary/aromatic N) is 3. The molecule has 0 spiro atoms. The van der Waals surface area contributed by atoms with Crippen LogP contribution in [-0.2, 0) is 0 Å². The molecule has 0 aliphatic carbocycles. The highest BCUT2D eigenvalue weighted by molar-refractivity contribution is 5.49. The summed E-state index contributed by atoms with van der Waals surface area (Å²) in [6, 6.07) is 11.3. The minimum absolute atomic E-state index is 0.127. The molecule has 7 heteroatoms. The minimum Gasteiger partial charge on any atom is -0.496 e. The largest absolute Gasteiger partial charge is 0.496 e. The molecule has 0 saturated heterocycles. The van der Waals surface area contributed by atoms with Gasteiger partial charge in [-0.2, -0.15) is 5.26 Å². The summed E-state index contributed by atoms with van der Waals surface area (Å²) >= 11 is 0. The number of hydrogen-bond acceptors (Lipinski definition) is 6. The van der Waals surface area contributed by atoms with Gasteiger partial charge in [-0.15, -0.1) is 0 Å². The van der Waals surface area contributed by atoms with Gasteiger partial charge in [0.25, 0.3) is 5.69 Å². The average molecular weight is 299 g/mol. The highest BCUT2D eigenvalue weighted by Crippen LogP contribution is 2.33. The van der Waals surface area contributed by atoms with E-state index in [9.17, 15) is 15.4 Å². The van der Waals surface area contributed by atoms with Crippen molar-refractivity contribution in [1.29, 1.82) is 5.26 Å². The maximum Gasteiger partial charge on any atom is 0.274 e. The Morgan fingerprint density at radius 3 is 2.59 bits per heavy atom. The van der Waals surface area contributed by atoms with Crippen LogP contribution in [-0.4, -0.2) is 24.1 Å². The van der Waals surface area contributed by atoms with Gasteiger partial charge in [0, 0.05) is 18.2 Å². The first-order chi connectivity index (χ1) is 10.6. The molecular formula is C15H13N3O4. The lowest BCUT2D eigenvalue weighted by molar-refractivity contribution is -0.385. The first-order valence-corrected chi connectivity index (χ1v) is 6.33. The van der Waals surface area contributed by atoms with Crippen molar-refractivity contribution in [3.05, 3.63) is 57.8 Å². The van der Waals surface area contributed by atoms with Crippen molar-refractivity contribution >= 4 is 5.69 Å². The molecule has 1 atom stereocenters. The molecule has 1 heterocycles. The van der Waals surface area contributed by atoms with Gasteiger partial charge in [-0.25, -0.2) is 4.98 Å². The fourth-order valence-electron chi connectivity index (χ4n) is 2.06. The summed E-state index contributed by atoms with van der Waals surface area (Å²) in [6.45, 7) is 0. The van der Waals surface area contributed by atoms with E-state index >= 15 is 0 Å². The third-order valence-electron chi connectivity index (χ3n) is 3.11. The zero-order valence-corrected chi connectivity index (χ0v) is 12.0. The second-order valence-electron chi connectivity index (χ2n) is 4.35. The van der Waals surface area contributed by atoms with E-state index < -0.39 is 10.8 Å². The van der Waals surface area contributed by atoms with Crippen LogP contribution in [0.2, 0.25) is 0 Å². The smallest absolute Gasteiger partial charge is 0.274 e. The van der Waals surface area contributed by atoms with E-state index in [-0.39, 0.29) is 17.1 Å². The molecule has 0 saturated carbocycles. The number of benzene rings is 1. The monoisotopic (exact) mass is 299 g/mol. The second kappa shape index (κ2) is 6.54. The van der Waals surface area contributed by atoms with Gasteiger partial charge >= 0.3 is 0 Å². The van der Waals surface area contributed by atoms with Gasteiger partial charge in [-0.05, 0) is 0 Å². The summed E-state index contributed by atoms with van der Waals surface area (Å²) in [5.41, 5.74) is 0.475. The third-order valence-corrected chi connectivity index (χ3v) is 3.11. The van der Waals surface area contributed by atoms with Crippen LogP contribution in [0.15, 0.2) is 36.4 Å². The molecule has 0 N–H and O–H groups in total. The average Bonchev–Trinajstić information content (AvgIpc) is 2.55. The fraction of sp³-hybridized carbons (Fsp3) is 0.200. The van der Waals surface area contributed by atoms with Crippen molar-refractivity contribution < 1.29 is 14.4 Å². The van der Waals surface area contributed by atoms with Crippen LogP contribution < -0.4 is 9.47 Å². The van der Waals surface area contributed by atoms with E-state index in [0.717, 1.165) is 0 Å². The summed E-state index contributed by atoms with van der Waals surface area (Å²) in [5.74, 6) is -0.167. The van der Waals surface area contributed by atoms with Gasteiger partial charge in [0.1, 0.15) is 11.7 Å². The molecule has 1 unspecified atom stereocenters. The number of pyridine rings is 1. The van der Waals surface area contributed by atoms with E-state index in [1.165, 1.54) is 20.3 Å². The second-order valence-corrected chi connectivity index (χ2v) is 4.35. The van der Waals surface area contributed by atoms with E-state index in [0.29, 0.717) is 11.4 Å². The molecule has 1 aromatic carbocycles. The quantitative estimate of drug-likeness (QED) is 0.621. The normalized spacial score (nSPS) is 11.3. The number of para-hydroxylation sites is 1. The van der Waals surface area contributed by atoms with Crippen LogP contribution in [0, 0.1) is 21.4 Å². The number of nitro groups is 1. The number of aromatic nitrogens is 1. The SMILES string of the molecule is COc1cc(OC)nc(C(C#N)c2ccccc2[N+](=O)[O-])c1. The Hall–Kier alpha value is -3.14. The predicted octanol–water partition coefficient (Wildman–Crippen LogP) is 2.66. The number of rotatable bonds is 5. The molecule has 2 rings (SSSR count). The summed E-state index contributed by atoms with van der Waals surface area (Å²) < 4.78 is 10.2.